The summed E-state index contributed by atoms with van der Waals surface area (Å²) in [4.78, 5) is 11.7. The number of carbonyl (C=O) groups is 1. The molecular formula is C16H30O2. The van der Waals surface area contributed by atoms with E-state index >= 15 is 0 Å². The Morgan fingerprint density at radius 3 is 2.39 bits per heavy atom. The van der Waals surface area contributed by atoms with Crippen molar-refractivity contribution in [2.75, 3.05) is 6.61 Å². The number of rotatable bonds is 12. The zero-order chi connectivity index (χ0) is 13.6. The van der Waals surface area contributed by atoms with E-state index in [2.05, 4.69) is 13.5 Å². The molecule has 0 saturated carbocycles. The summed E-state index contributed by atoms with van der Waals surface area (Å²) in [5, 5.41) is 0. The molecule has 106 valence electrons. The molecule has 0 amide bonds. The summed E-state index contributed by atoms with van der Waals surface area (Å²) in [5.41, 5.74) is 0. The van der Waals surface area contributed by atoms with Crippen molar-refractivity contribution in [3.05, 3.63) is 12.7 Å². The van der Waals surface area contributed by atoms with Gasteiger partial charge < -0.3 is 4.74 Å². The maximum absolute atomic E-state index is 11.7. The third-order valence-electron chi connectivity index (χ3n) is 3.22. The SMILES string of the molecule is C=CCCCCCCCC(CCC)C(=O)OCC. The monoisotopic (exact) mass is 254 g/mol. The number of allylic oxidation sites excluding steroid dienone is 1. The molecule has 0 aliphatic rings. The number of carbonyl (C=O) groups excluding carboxylic acids is 1. The van der Waals surface area contributed by atoms with Crippen molar-refractivity contribution in [2.24, 2.45) is 5.92 Å². The van der Waals surface area contributed by atoms with Crippen molar-refractivity contribution in [3.8, 4) is 0 Å². The van der Waals surface area contributed by atoms with Crippen LogP contribution in [0.15, 0.2) is 12.7 Å². The number of unbranched alkanes of at least 4 members (excludes halogenated alkanes) is 5. The summed E-state index contributed by atoms with van der Waals surface area (Å²) in [6, 6.07) is 0. The molecule has 0 bridgehead atoms. The second-order valence-corrected chi connectivity index (χ2v) is 4.87. The summed E-state index contributed by atoms with van der Waals surface area (Å²) >= 11 is 0. The van der Waals surface area contributed by atoms with Gasteiger partial charge in [-0.25, -0.2) is 0 Å². The Hall–Kier alpha value is -0.790. The van der Waals surface area contributed by atoms with Crippen LogP contribution in [0.1, 0.15) is 71.6 Å². The molecule has 0 aliphatic carbocycles. The minimum atomic E-state index is 0.00556. The van der Waals surface area contributed by atoms with Gasteiger partial charge >= 0.3 is 5.97 Å². The molecule has 18 heavy (non-hydrogen) atoms. The molecule has 1 unspecified atom stereocenters. The lowest BCUT2D eigenvalue weighted by atomic mass is 9.96. The van der Waals surface area contributed by atoms with Gasteiger partial charge in [0.2, 0.25) is 0 Å². The Labute approximate surface area is 113 Å². The first-order valence-electron chi connectivity index (χ1n) is 7.53. The summed E-state index contributed by atoms with van der Waals surface area (Å²) in [5.74, 6) is 0.133. The van der Waals surface area contributed by atoms with Crippen molar-refractivity contribution >= 4 is 5.97 Å². The largest absolute Gasteiger partial charge is 0.466 e. The zero-order valence-corrected chi connectivity index (χ0v) is 12.2. The van der Waals surface area contributed by atoms with E-state index in [0.717, 1.165) is 32.1 Å². The smallest absolute Gasteiger partial charge is 0.308 e. The molecular weight excluding hydrogens is 224 g/mol. The Kier molecular flexibility index (Phi) is 12.1. The third-order valence-corrected chi connectivity index (χ3v) is 3.22. The molecule has 0 aliphatic heterocycles. The van der Waals surface area contributed by atoms with Crippen LogP contribution in [0.4, 0.5) is 0 Å². The molecule has 0 N–H and O–H groups in total. The normalized spacial score (nSPS) is 12.1. The van der Waals surface area contributed by atoms with E-state index in [1.165, 1.54) is 25.7 Å². The lowest BCUT2D eigenvalue weighted by Crippen LogP contribution is -2.17. The molecule has 0 radical (unpaired) electrons. The highest BCUT2D eigenvalue weighted by Crippen LogP contribution is 2.18. The van der Waals surface area contributed by atoms with Gasteiger partial charge in [-0.15, -0.1) is 6.58 Å². The Morgan fingerprint density at radius 1 is 1.11 bits per heavy atom. The predicted molar refractivity (Wildman–Crippen MR) is 77.5 cm³/mol. The number of ether oxygens (including phenoxy) is 1. The van der Waals surface area contributed by atoms with Gasteiger partial charge in [-0.2, -0.15) is 0 Å². The van der Waals surface area contributed by atoms with Crippen LogP contribution < -0.4 is 0 Å². The number of hydrogen-bond donors (Lipinski definition) is 0. The first-order chi connectivity index (χ1) is 8.76. The van der Waals surface area contributed by atoms with Gasteiger partial charge in [0.05, 0.1) is 12.5 Å². The molecule has 0 aromatic heterocycles. The highest BCUT2D eigenvalue weighted by molar-refractivity contribution is 5.72. The second kappa shape index (κ2) is 12.7. The number of esters is 1. The average molecular weight is 254 g/mol. The van der Waals surface area contributed by atoms with E-state index in [9.17, 15) is 4.79 Å². The maximum atomic E-state index is 11.7. The topological polar surface area (TPSA) is 26.3 Å². The Morgan fingerprint density at radius 2 is 1.78 bits per heavy atom. The lowest BCUT2D eigenvalue weighted by Gasteiger charge is -2.14. The molecule has 2 nitrogen and oxygen atoms in total. The van der Waals surface area contributed by atoms with Crippen LogP contribution in [-0.4, -0.2) is 12.6 Å². The molecule has 1 atom stereocenters. The molecule has 0 aromatic carbocycles. The van der Waals surface area contributed by atoms with E-state index < -0.39 is 0 Å². The maximum Gasteiger partial charge on any atom is 0.308 e. The summed E-state index contributed by atoms with van der Waals surface area (Å²) in [6.45, 7) is 8.23. The van der Waals surface area contributed by atoms with Crippen molar-refractivity contribution in [1.29, 1.82) is 0 Å². The fraction of sp³-hybridized carbons (Fsp3) is 0.812. The fourth-order valence-corrected chi connectivity index (χ4v) is 2.20. The van der Waals surface area contributed by atoms with Crippen LogP contribution in [0, 0.1) is 5.92 Å². The molecule has 0 saturated heterocycles. The van der Waals surface area contributed by atoms with Gasteiger partial charge in [-0.1, -0.05) is 45.1 Å². The minimum Gasteiger partial charge on any atom is -0.466 e. The summed E-state index contributed by atoms with van der Waals surface area (Å²) in [6.07, 6.45) is 12.3. The first kappa shape index (κ1) is 17.2. The van der Waals surface area contributed by atoms with Crippen LogP contribution in [0.3, 0.4) is 0 Å². The molecule has 0 spiro atoms. The molecule has 0 rings (SSSR count). The van der Waals surface area contributed by atoms with Gasteiger partial charge in [0.15, 0.2) is 0 Å². The molecule has 0 heterocycles. The van der Waals surface area contributed by atoms with Crippen LogP contribution in [-0.2, 0) is 9.53 Å². The van der Waals surface area contributed by atoms with Crippen molar-refractivity contribution in [1.82, 2.24) is 0 Å². The first-order valence-corrected chi connectivity index (χ1v) is 7.53. The van der Waals surface area contributed by atoms with Crippen molar-refractivity contribution < 1.29 is 9.53 Å². The van der Waals surface area contributed by atoms with Crippen LogP contribution in [0.5, 0.6) is 0 Å². The van der Waals surface area contributed by atoms with Gasteiger partial charge in [-0.05, 0) is 32.6 Å². The van der Waals surface area contributed by atoms with E-state index in [1.54, 1.807) is 0 Å². The second-order valence-electron chi connectivity index (χ2n) is 4.87. The molecule has 0 fully saturated rings. The standard InChI is InChI=1S/C16H30O2/c1-4-7-8-9-10-11-12-14-15(13-5-2)16(17)18-6-3/h4,15H,1,5-14H2,2-3H3. The summed E-state index contributed by atoms with van der Waals surface area (Å²) in [7, 11) is 0. The quantitative estimate of drug-likeness (QED) is 0.282. The summed E-state index contributed by atoms with van der Waals surface area (Å²) < 4.78 is 5.12. The van der Waals surface area contributed by atoms with E-state index in [-0.39, 0.29) is 11.9 Å². The van der Waals surface area contributed by atoms with Crippen LogP contribution in [0.2, 0.25) is 0 Å². The van der Waals surface area contributed by atoms with Gasteiger partial charge in [0.25, 0.3) is 0 Å². The lowest BCUT2D eigenvalue weighted by molar-refractivity contribution is -0.148. The highest BCUT2D eigenvalue weighted by Gasteiger charge is 2.17. The highest BCUT2D eigenvalue weighted by atomic mass is 16.5. The van der Waals surface area contributed by atoms with E-state index in [4.69, 9.17) is 4.74 Å². The van der Waals surface area contributed by atoms with E-state index in [0.29, 0.717) is 6.61 Å². The zero-order valence-electron chi connectivity index (χ0n) is 12.2. The van der Waals surface area contributed by atoms with Gasteiger partial charge in [-0.3, -0.25) is 4.79 Å². The van der Waals surface area contributed by atoms with Crippen molar-refractivity contribution in [2.45, 2.75) is 71.6 Å². The number of hydrogen-bond acceptors (Lipinski definition) is 2. The van der Waals surface area contributed by atoms with Crippen molar-refractivity contribution in [3.63, 3.8) is 0 Å². The van der Waals surface area contributed by atoms with Gasteiger partial charge in [0.1, 0.15) is 0 Å². The minimum absolute atomic E-state index is 0.00556. The van der Waals surface area contributed by atoms with Crippen LogP contribution >= 0.6 is 0 Å². The predicted octanol–water partition coefficient (Wildman–Crippen LogP) is 4.88. The van der Waals surface area contributed by atoms with Gasteiger partial charge in [0, 0.05) is 0 Å². The third kappa shape index (κ3) is 9.26. The fourth-order valence-electron chi connectivity index (χ4n) is 2.20. The molecule has 0 aromatic rings. The average Bonchev–Trinajstić information content (AvgIpc) is 2.36. The Balaban J connectivity index is 3.63. The molecule has 2 heteroatoms. The van der Waals surface area contributed by atoms with Crippen LogP contribution in [0.25, 0.3) is 0 Å². The van der Waals surface area contributed by atoms with E-state index in [1.807, 2.05) is 13.0 Å². The Bertz CT molecular complexity index is 211.